The molecular weight excluding hydrogens is 360 g/mol. The van der Waals surface area contributed by atoms with Crippen LogP contribution in [0.5, 0.6) is 0 Å². The zero-order valence-electron chi connectivity index (χ0n) is 19.7. The molecule has 0 bridgehead atoms. The van der Waals surface area contributed by atoms with Gasteiger partial charge in [0, 0.05) is 0 Å². The van der Waals surface area contributed by atoms with Gasteiger partial charge >= 0.3 is 0 Å². The summed E-state index contributed by atoms with van der Waals surface area (Å²) in [5, 5.41) is 0. The minimum absolute atomic E-state index is 0.837. The fourth-order valence-electron chi connectivity index (χ4n) is 13.0. The van der Waals surface area contributed by atoms with Crippen LogP contribution in [0.25, 0.3) is 0 Å². The number of rotatable bonds is 10. The maximum atomic E-state index is 2.48. The normalized spacial score (nSPS) is 42.7. The Hall–Kier alpha value is 0. The maximum absolute atomic E-state index is 2.48. The molecule has 0 radical (unpaired) electrons. The van der Waals surface area contributed by atoms with E-state index in [1.165, 1.54) is 12.3 Å². The second-order valence-electron chi connectivity index (χ2n) is 15.0. The summed E-state index contributed by atoms with van der Waals surface area (Å²) in [7, 11) is 0. The Labute approximate surface area is 184 Å². The van der Waals surface area contributed by atoms with E-state index in [1.54, 1.807) is 122 Å². The zero-order valence-corrected chi connectivity index (χ0v) is 19.7. The van der Waals surface area contributed by atoms with Gasteiger partial charge in [0.25, 0.3) is 0 Å². The Morgan fingerprint density at radius 1 is 0.467 bits per heavy atom. The van der Waals surface area contributed by atoms with E-state index in [9.17, 15) is 0 Å². The van der Waals surface area contributed by atoms with Crippen molar-refractivity contribution in [1.82, 2.24) is 0 Å². The molecule has 9 fully saturated rings. The largest absolute Gasteiger partial charge is 0.0654 e. The van der Waals surface area contributed by atoms with Crippen LogP contribution in [0.15, 0.2) is 0 Å². The van der Waals surface area contributed by atoms with Gasteiger partial charge < -0.3 is 0 Å². The third-order valence-electron chi connectivity index (χ3n) is 14.8. The molecule has 0 saturated heterocycles. The van der Waals surface area contributed by atoms with Gasteiger partial charge in [0.2, 0.25) is 0 Å². The Bertz CT molecular complexity index is 821. The van der Waals surface area contributed by atoms with Crippen molar-refractivity contribution < 1.29 is 0 Å². The summed E-state index contributed by atoms with van der Waals surface area (Å²) in [6.45, 7) is 2.48. The molecule has 0 nitrogen and oxygen atoms in total. The van der Waals surface area contributed by atoms with Crippen LogP contribution >= 0.6 is 0 Å². The van der Waals surface area contributed by atoms with Crippen molar-refractivity contribution in [2.24, 2.45) is 49.2 Å². The van der Waals surface area contributed by atoms with Crippen molar-refractivity contribution in [2.45, 2.75) is 135 Å². The highest BCUT2D eigenvalue weighted by molar-refractivity contribution is 5.42. The molecule has 0 N–H and O–H groups in total. The lowest BCUT2D eigenvalue weighted by Crippen LogP contribution is -2.47. The van der Waals surface area contributed by atoms with Gasteiger partial charge in [-0.15, -0.1) is 0 Å². The molecule has 0 aromatic heterocycles. The lowest BCUT2D eigenvalue weighted by Gasteiger charge is -2.51. The lowest BCUT2D eigenvalue weighted by molar-refractivity contribution is -0.0457. The first kappa shape index (κ1) is 17.5. The summed E-state index contributed by atoms with van der Waals surface area (Å²) in [6, 6.07) is 0. The SMILES string of the molecule is CCCC1(C2(C3(C4(C5(C6(C7(C8(C9CC9)CC8)CC7)CC6)CC5)CC4)CC3)CC2)CC1. The van der Waals surface area contributed by atoms with Crippen molar-refractivity contribution in [3.05, 3.63) is 0 Å². The zero-order chi connectivity index (χ0) is 19.7. The van der Waals surface area contributed by atoms with Gasteiger partial charge in [-0.1, -0.05) is 13.3 Å². The number of hydrogen-bond acceptors (Lipinski definition) is 0. The molecule has 9 saturated carbocycles. The lowest BCUT2D eigenvalue weighted by atomic mass is 9.52. The van der Waals surface area contributed by atoms with Gasteiger partial charge in [0.1, 0.15) is 0 Å². The van der Waals surface area contributed by atoms with Gasteiger partial charge in [0.15, 0.2) is 0 Å². The molecule has 0 heterocycles. The van der Waals surface area contributed by atoms with Crippen LogP contribution in [-0.2, 0) is 0 Å². The predicted molar refractivity (Wildman–Crippen MR) is 121 cm³/mol. The van der Waals surface area contributed by atoms with E-state index in [0.717, 1.165) is 43.3 Å². The van der Waals surface area contributed by atoms with E-state index in [1.807, 2.05) is 0 Å². The summed E-state index contributed by atoms with van der Waals surface area (Å²) >= 11 is 0. The summed E-state index contributed by atoms with van der Waals surface area (Å²) in [4.78, 5) is 0. The molecule has 30 heavy (non-hydrogen) atoms. The second kappa shape index (κ2) is 4.51. The summed E-state index contributed by atoms with van der Waals surface area (Å²) in [5.41, 5.74) is 6.88. The molecule has 9 rings (SSSR count). The smallest absolute Gasteiger partial charge is 0.0173 e. The van der Waals surface area contributed by atoms with E-state index in [2.05, 4.69) is 6.92 Å². The Morgan fingerprint density at radius 3 is 1.17 bits per heavy atom. The summed E-state index contributed by atoms with van der Waals surface area (Å²) in [6.07, 6.45) is 32.8. The van der Waals surface area contributed by atoms with E-state index in [-0.39, 0.29) is 0 Å². The van der Waals surface area contributed by atoms with Crippen LogP contribution in [0, 0.1) is 49.2 Å². The van der Waals surface area contributed by atoms with Crippen LogP contribution in [0.1, 0.15) is 135 Å². The Kier molecular flexibility index (Phi) is 2.63. The molecule has 0 amide bonds. The van der Waals surface area contributed by atoms with Gasteiger partial charge in [-0.2, -0.15) is 0 Å². The highest BCUT2D eigenvalue weighted by atomic mass is 15.0. The van der Waals surface area contributed by atoms with Gasteiger partial charge in [0.05, 0.1) is 0 Å². The molecule has 0 heteroatoms. The predicted octanol–water partition coefficient (Wildman–Crippen LogP) is 8.44. The van der Waals surface area contributed by atoms with Gasteiger partial charge in [-0.3, -0.25) is 0 Å². The average Bonchev–Trinajstić information content (AvgIpc) is 3.59. The Balaban J connectivity index is 1.13. The average molecular weight is 405 g/mol. The fourth-order valence-corrected chi connectivity index (χ4v) is 13.0. The molecule has 0 aromatic carbocycles. The molecule has 0 atom stereocenters. The van der Waals surface area contributed by atoms with Crippen LogP contribution in [0.2, 0.25) is 0 Å². The van der Waals surface area contributed by atoms with Crippen LogP contribution in [0.3, 0.4) is 0 Å². The van der Waals surface area contributed by atoms with E-state index >= 15 is 0 Å². The standard InChI is InChI=1S/C30H44/c1-2-5-23(6-7-23)25(10-11-25)27(14-15-27)29(18-19-29)30(20-21-30)28(16-17-28)26(12-13-26)24(8-9-24)22-3-4-22/h22H,2-21H2,1H3. The highest BCUT2D eigenvalue weighted by Gasteiger charge is 2.93. The van der Waals surface area contributed by atoms with Crippen LogP contribution in [0.4, 0.5) is 0 Å². The van der Waals surface area contributed by atoms with Crippen LogP contribution in [-0.4, -0.2) is 0 Å². The van der Waals surface area contributed by atoms with Crippen molar-refractivity contribution in [3.8, 4) is 0 Å². The molecule has 0 aromatic rings. The second-order valence-corrected chi connectivity index (χ2v) is 15.0. The number of hydrogen-bond donors (Lipinski definition) is 0. The quantitative estimate of drug-likeness (QED) is 0.342. The monoisotopic (exact) mass is 404 g/mol. The first-order valence-corrected chi connectivity index (χ1v) is 14.6. The molecule has 0 spiro atoms. The van der Waals surface area contributed by atoms with E-state index in [0.29, 0.717) is 0 Å². The molecule has 0 aliphatic heterocycles. The Morgan fingerprint density at radius 2 is 0.867 bits per heavy atom. The van der Waals surface area contributed by atoms with Gasteiger partial charge in [-0.05, 0) is 171 Å². The van der Waals surface area contributed by atoms with Crippen molar-refractivity contribution in [1.29, 1.82) is 0 Å². The highest BCUT2D eigenvalue weighted by Crippen LogP contribution is 3.01. The van der Waals surface area contributed by atoms with Crippen molar-refractivity contribution >= 4 is 0 Å². The maximum Gasteiger partial charge on any atom is -0.0173 e. The summed E-state index contributed by atoms with van der Waals surface area (Å²) < 4.78 is 0. The first-order valence-electron chi connectivity index (χ1n) is 14.6. The molecule has 164 valence electrons. The molecule has 0 unspecified atom stereocenters. The third-order valence-corrected chi connectivity index (χ3v) is 14.8. The minimum atomic E-state index is 0.837. The third kappa shape index (κ3) is 1.52. The fraction of sp³-hybridized carbons (Fsp3) is 1.00. The molecular formula is C30H44. The van der Waals surface area contributed by atoms with E-state index < -0.39 is 0 Å². The minimum Gasteiger partial charge on any atom is -0.0654 e. The van der Waals surface area contributed by atoms with E-state index in [4.69, 9.17) is 0 Å². The van der Waals surface area contributed by atoms with Crippen LogP contribution < -0.4 is 0 Å². The van der Waals surface area contributed by atoms with Gasteiger partial charge in [-0.25, -0.2) is 0 Å². The first-order chi connectivity index (χ1) is 14.6. The summed E-state index contributed by atoms with van der Waals surface area (Å²) in [5.74, 6) is 1.19. The van der Waals surface area contributed by atoms with Crippen molar-refractivity contribution in [3.63, 3.8) is 0 Å². The molecule has 9 aliphatic carbocycles. The topological polar surface area (TPSA) is 0 Å². The molecule has 9 aliphatic rings. The van der Waals surface area contributed by atoms with Crippen molar-refractivity contribution in [2.75, 3.05) is 0 Å².